The Morgan fingerprint density at radius 3 is 2.64 bits per heavy atom. The first-order valence-corrected chi connectivity index (χ1v) is 13.5. The van der Waals surface area contributed by atoms with Crippen molar-refractivity contribution in [2.45, 2.75) is 84.5 Å². The molecule has 230 valence electrons. The number of aliphatic hydroxyl groups excluding tert-OH is 1. The van der Waals surface area contributed by atoms with Crippen LogP contribution in [0.5, 0.6) is 0 Å². The molecule has 15 nitrogen and oxygen atoms in total. The molecule has 0 radical (unpaired) electrons. The van der Waals surface area contributed by atoms with Gasteiger partial charge in [-0.15, -0.1) is 0 Å². The zero-order chi connectivity index (χ0) is 31.2. The van der Waals surface area contributed by atoms with E-state index in [2.05, 4.69) is 21.5 Å². The molecule has 1 aliphatic rings. The van der Waals surface area contributed by atoms with Gasteiger partial charge in [-0.05, 0) is 18.1 Å². The van der Waals surface area contributed by atoms with Crippen molar-refractivity contribution in [2.75, 3.05) is 18.7 Å². The number of nitrogens with one attached hydrogen (secondary N) is 1. The molecule has 2 aromatic heterocycles. The number of aromatic nitrogens is 3. The van der Waals surface area contributed by atoms with Crippen molar-refractivity contribution < 1.29 is 43.2 Å². The smallest absolute Gasteiger partial charge is 0.414 e. The van der Waals surface area contributed by atoms with Gasteiger partial charge >= 0.3 is 18.0 Å². The van der Waals surface area contributed by atoms with Gasteiger partial charge in [0.15, 0.2) is 18.9 Å². The third kappa shape index (κ3) is 7.51. The Labute approximate surface area is 243 Å². The Morgan fingerprint density at radius 2 is 2.02 bits per heavy atom. The Hall–Kier alpha value is -3.84. The molecule has 1 aliphatic heterocycles. The second-order valence-electron chi connectivity index (χ2n) is 11.3. The van der Waals surface area contributed by atoms with Crippen LogP contribution in [0.15, 0.2) is 18.5 Å². The lowest BCUT2D eigenvalue weighted by Crippen LogP contribution is -2.40. The van der Waals surface area contributed by atoms with E-state index in [1.807, 2.05) is 0 Å². The summed E-state index contributed by atoms with van der Waals surface area (Å²) in [4.78, 5) is 41.0. The van der Waals surface area contributed by atoms with Crippen molar-refractivity contribution in [1.82, 2.24) is 14.6 Å². The molecule has 0 bridgehead atoms. The fourth-order valence-electron chi connectivity index (χ4n) is 4.01. The Bertz CT molecular complexity index is 1320. The van der Waals surface area contributed by atoms with Gasteiger partial charge in [0.2, 0.25) is 5.60 Å². The fraction of sp³-hybridized carbons (Fsp3) is 0.630. The van der Waals surface area contributed by atoms with Gasteiger partial charge < -0.3 is 34.5 Å². The van der Waals surface area contributed by atoms with Gasteiger partial charge in [0.05, 0.1) is 5.69 Å². The Balaban J connectivity index is 1.81. The van der Waals surface area contributed by atoms with Crippen molar-refractivity contribution >= 4 is 29.4 Å². The molecule has 4 N–H and O–H groups in total. The van der Waals surface area contributed by atoms with E-state index in [4.69, 9.17) is 29.4 Å². The summed E-state index contributed by atoms with van der Waals surface area (Å²) in [5.74, 6) is -1.27. The Kier molecular flexibility index (Phi) is 10.4. The zero-order valence-corrected chi connectivity index (χ0v) is 24.5. The summed E-state index contributed by atoms with van der Waals surface area (Å²) < 4.78 is 28.5. The second-order valence-corrected chi connectivity index (χ2v) is 11.3. The highest BCUT2D eigenvalue weighted by Crippen LogP contribution is 2.41. The van der Waals surface area contributed by atoms with Gasteiger partial charge in [0.1, 0.15) is 42.8 Å². The molecular formula is C27H38N6O9. The molecule has 1 amide bonds. The molecule has 3 rings (SSSR count). The second kappa shape index (κ2) is 13.4. The van der Waals surface area contributed by atoms with E-state index in [0.29, 0.717) is 5.52 Å². The van der Waals surface area contributed by atoms with Gasteiger partial charge in [-0.2, -0.15) is 10.4 Å². The molecule has 5 atom stereocenters. The zero-order valence-electron chi connectivity index (χ0n) is 24.5. The summed E-state index contributed by atoms with van der Waals surface area (Å²) in [5.41, 5.74) is 4.21. The summed E-state index contributed by atoms with van der Waals surface area (Å²) in [7, 11) is 0. The van der Waals surface area contributed by atoms with Gasteiger partial charge in [0, 0.05) is 18.3 Å². The molecule has 1 fully saturated rings. The highest BCUT2D eigenvalue weighted by atomic mass is 16.7. The van der Waals surface area contributed by atoms with E-state index in [0.717, 1.165) is 6.33 Å². The molecule has 2 unspecified atom stereocenters. The standard InChI is InChI=1S/C27H38N6O9/c1-7-20(34)41-17-10-27(12-28,42-18(17)11-38-23(35)21(29)15(2)3)19-9-8-16-22(30-13-31-33(16)19)32-25(37)40-14-39-24(36)26(4,5)6/h8-9,13,15,17-18,21,24,36H,7,10-11,14,29H2,1-6H3,(H,30,31,32,37)/t17-,18?,21-,24?,27-/m0/s1. The molecule has 42 heavy (non-hydrogen) atoms. The monoisotopic (exact) mass is 590 g/mol. The van der Waals surface area contributed by atoms with Crippen LogP contribution in [0.1, 0.15) is 60.1 Å². The average molecular weight is 591 g/mol. The SMILES string of the molecule is CCC(=O)O[C@H]1C[C@](C#N)(c2ccc3c(NC(=O)OCOC(O)C(C)(C)C)ncnn23)OC1COC(=O)[C@@H](N)C(C)C. The average Bonchev–Trinajstić information content (AvgIpc) is 3.53. The van der Waals surface area contributed by atoms with E-state index in [-0.39, 0.29) is 36.9 Å². The number of carbonyl (C=O) groups is 3. The van der Waals surface area contributed by atoms with Crippen molar-refractivity contribution in [2.24, 2.45) is 17.1 Å². The van der Waals surface area contributed by atoms with E-state index < -0.39 is 60.4 Å². The van der Waals surface area contributed by atoms with Crippen LogP contribution in [-0.4, -0.2) is 75.7 Å². The van der Waals surface area contributed by atoms with E-state index in [9.17, 15) is 24.8 Å². The highest BCUT2D eigenvalue weighted by molar-refractivity contribution is 5.88. The predicted molar refractivity (Wildman–Crippen MR) is 145 cm³/mol. The van der Waals surface area contributed by atoms with E-state index in [1.54, 1.807) is 53.7 Å². The number of amides is 1. The number of hydrogen-bond donors (Lipinski definition) is 3. The van der Waals surface area contributed by atoms with Gasteiger partial charge in [0.25, 0.3) is 0 Å². The summed E-state index contributed by atoms with van der Waals surface area (Å²) in [6.07, 6.45) is -2.77. The van der Waals surface area contributed by atoms with E-state index >= 15 is 0 Å². The van der Waals surface area contributed by atoms with Crippen LogP contribution in [0.4, 0.5) is 10.6 Å². The number of ether oxygens (including phenoxy) is 5. The molecule has 0 spiro atoms. The number of rotatable bonds is 11. The first kappa shape index (κ1) is 32.7. The molecule has 1 saturated heterocycles. The number of fused-ring (bicyclic) bond motifs is 1. The Morgan fingerprint density at radius 1 is 1.31 bits per heavy atom. The minimum atomic E-state index is -1.66. The fourth-order valence-corrected chi connectivity index (χ4v) is 4.01. The molecular weight excluding hydrogens is 552 g/mol. The van der Waals surface area contributed by atoms with Crippen LogP contribution in [0.25, 0.3) is 5.52 Å². The largest absolute Gasteiger partial charge is 0.462 e. The van der Waals surface area contributed by atoms with Gasteiger partial charge in [-0.1, -0.05) is 41.5 Å². The minimum absolute atomic E-state index is 0.0609. The lowest BCUT2D eigenvalue weighted by Gasteiger charge is -2.25. The third-order valence-electron chi connectivity index (χ3n) is 6.63. The first-order valence-electron chi connectivity index (χ1n) is 13.5. The van der Waals surface area contributed by atoms with Gasteiger partial charge in [-0.25, -0.2) is 14.3 Å². The number of carbonyl (C=O) groups excluding carboxylic acids is 3. The van der Waals surface area contributed by atoms with Crippen molar-refractivity contribution in [1.29, 1.82) is 5.26 Å². The molecule has 0 aliphatic carbocycles. The van der Waals surface area contributed by atoms with Crippen molar-refractivity contribution in [3.63, 3.8) is 0 Å². The lowest BCUT2D eigenvalue weighted by molar-refractivity contribution is -0.195. The molecule has 0 aromatic carbocycles. The quantitative estimate of drug-likeness (QED) is 0.194. The lowest BCUT2D eigenvalue weighted by atomic mass is 9.96. The van der Waals surface area contributed by atoms with E-state index in [1.165, 1.54) is 4.52 Å². The molecule has 3 heterocycles. The first-order chi connectivity index (χ1) is 19.7. The number of esters is 2. The summed E-state index contributed by atoms with van der Waals surface area (Å²) >= 11 is 0. The number of nitrogens with zero attached hydrogens (tertiary/aromatic N) is 4. The normalized spacial score (nSPS) is 21.9. The molecule has 0 saturated carbocycles. The molecule has 15 heteroatoms. The highest BCUT2D eigenvalue weighted by Gasteiger charge is 2.52. The maximum atomic E-state index is 12.4. The third-order valence-corrected chi connectivity index (χ3v) is 6.63. The van der Waals surface area contributed by atoms with Crippen LogP contribution < -0.4 is 11.1 Å². The number of nitriles is 1. The van der Waals surface area contributed by atoms with Gasteiger partial charge in [-0.3, -0.25) is 14.9 Å². The predicted octanol–water partition coefficient (Wildman–Crippen LogP) is 1.97. The van der Waals surface area contributed by atoms with Crippen molar-refractivity contribution in [3.8, 4) is 6.07 Å². The maximum absolute atomic E-state index is 12.4. The topological polar surface area (TPSA) is 210 Å². The number of aliphatic hydroxyl groups is 1. The van der Waals surface area contributed by atoms with Crippen LogP contribution in [0, 0.1) is 22.7 Å². The minimum Gasteiger partial charge on any atom is -0.462 e. The van der Waals surface area contributed by atoms with Crippen LogP contribution in [-0.2, 0) is 38.9 Å². The summed E-state index contributed by atoms with van der Waals surface area (Å²) in [6.45, 7) is 9.65. The van der Waals surface area contributed by atoms with Crippen LogP contribution in [0.2, 0.25) is 0 Å². The molecule has 2 aromatic rings. The number of nitrogens with two attached hydrogens (primary N) is 1. The number of anilines is 1. The summed E-state index contributed by atoms with van der Waals surface area (Å²) in [6, 6.07) is 4.42. The van der Waals surface area contributed by atoms with Crippen LogP contribution in [0.3, 0.4) is 0 Å². The van der Waals surface area contributed by atoms with Crippen molar-refractivity contribution in [3.05, 3.63) is 24.2 Å². The summed E-state index contributed by atoms with van der Waals surface area (Å²) in [5, 5.41) is 26.9. The maximum Gasteiger partial charge on any atom is 0.414 e. The van der Waals surface area contributed by atoms with Crippen LogP contribution >= 0.6 is 0 Å². The number of hydrogen-bond acceptors (Lipinski definition) is 13.